The highest BCUT2D eigenvalue weighted by atomic mass is 16.2. The lowest BCUT2D eigenvalue weighted by Crippen LogP contribution is -2.35. The number of carbonyl (C=O) groups is 1. The number of nitrogens with zero attached hydrogens (tertiary/aromatic N) is 2. The maximum atomic E-state index is 11.3. The number of H-pyrrole nitrogens is 1. The van der Waals surface area contributed by atoms with E-state index in [9.17, 15) is 4.79 Å². The molecule has 1 aromatic heterocycles. The van der Waals surface area contributed by atoms with Gasteiger partial charge < -0.3 is 10.2 Å². The summed E-state index contributed by atoms with van der Waals surface area (Å²) < 4.78 is 0. The number of hydrogen-bond donors (Lipinski definition) is 2. The van der Waals surface area contributed by atoms with Crippen molar-refractivity contribution in [2.75, 3.05) is 20.1 Å². The van der Waals surface area contributed by atoms with Gasteiger partial charge in [-0.1, -0.05) is 0 Å². The van der Waals surface area contributed by atoms with Gasteiger partial charge in [0.1, 0.15) is 0 Å². The number of hydrogen-bond acceptors (Lipinski definition) is 3. The Labute approximate surface area is 83.5 Å². The Morgan fingerprint density at radius 2 is 2.50 bits per heavy atom. The minimum Gasteiger partial charge on any atom is -0.345 e. The molecule has 78 valence electrons. The van der Waals surface area contributed by atoms with Crippen molar-refractivity contribution in [1.82, 2.24) is 20.4 Å². The topological polar surface area (TPSA) is 61.0 Å². The van der Waals surface area contributed by atoms with Crippen LogP contribution in [0.1, 0.15) is 12.6 Å². The first kappa shape index (κ1) is 10.7. The van der Waals surface area contributed by atoms with Crippen LogP contribution in [0.4, 0.5) is 0 Å². The molecule has 1 heterocycles. The molecule has 5 heteroatoms. The molecule has 0 aliphatic rings. The quantitative estimate of drug-likeness (QED) is 0.695. The van der Waals surface area contributed by atoms with Crippen molar-refractivity contribution in [2.24, 2.45) is 0 Å². The van der Waals surface area contributed by atoms with E-state index in [0.29, 0.717) is 13.1 Å². The van der Waals surface area contributed by atoms with Crippen LogP contribution in [-0.2, 0) is 11.3 Å². The third kappa shape index (κ3) is 3.18. The van der Waals surface area contributed by atoms with Crippen molar-refractivity contribution in [1.29, 1.82) is 0 Å². The summed E-state index contributed by atoms with van der Waals surface area (Å²) in [6, 6.07) is 1.88. The van der Waals surface area contributed by atoms with Crippen LogP contribution in [-0.4, -0.2) is 41.1 Å². The van der Waals surface area contributed by atoms with Crippen molar-refractivity contribution in [3.05, 3.63) is 18.0 Å². The van der Waals surface area contributed by atoms with Gasteiger partial charge in [0.05, 0.1) is 6.54 Å². The highest BCUT2D eigenvalue weighted by molar-refractivity contribution is 5.77. The van der Waals surface area contributed by atoms with Gasteiger partial charge in [0.15, 0.2) is 0 Å². The molecule has 0 bridgehead atoms. The number of carbonyl (C=O) groups excluding carboxylic acids is 1. The highest BCUT2D eigenvalue weighted by Gasteiger charge is 2.04. The van der Waals surface area contributed by atoms with E-state index in [1.807, 2.05) is 13.0 Å². The lowest BCUT2D eigenvalue weighted by atomic mass is 10.4. The normalized spacial score (nSPS) is 10.1. The van der Waals surface area contributed by atoms with Gasteiger partial charge in [-0.25, -0.2) is 0 Å². The zero-order valence-corrected chi connectivity index (χ0v) is 8.58. The molecule has 0 saturated carbocycles. The van der Waals surface area contributed by atoms with Gasteiger partial charge in [-0.2, -0.15) is 5.10 Å². The average molecular weight is 196 g/mol. The van der Waals surface area contributed by atoms with E-state index in [0.717, 1.165) is 12.2 Å². The molecule has 1 aromatic rings. The number of aromatic amines is 1. The van der Waals surface area contributed by atoms with Crippen LogP contribution in [0.15, 0.2) is 12.3 Å². The van der Waals surface area contributed by atoms with E-state index >= 15 is 0 Å². The lowest BCUT2D eigenvalue weighted by molar-refractivity contribution is -0.128. The zero-order chi connectivity index (χ0) is 10.4. The Kier molecular flexibility index (Phi) is 4.12. The molecule has 0 saturated heterocycles. The number of amides is 1. The summed E-state index contributed by atoms with van der Waals surface area (Å²) in [7, 11) is 1.79. The van der Waals surface area contributed by atoms with Crippen LogP contribution < -0.4 is 5.32 Å². The molecule has 0 radical (unpaired) electrons. The average Bonchev–Trinajstić information content (AvgIpc) is 2.69. The van der Waals surface area contributed by atoms with Gasteiger partial charge in [0.2, 0.25) is 5.91 Å². The van der Waals surface area contributed by atoms with Crippen LogP contribution in [0.3, 0.4) is 0 Å². The first-order chi connectivity index (χ1) is 6.74. The minimum absolute atomic E-state index is 0.104. The predicted molar refractivity (Wildman–Crippen MR) is 53.6 cm³/mol. The van der Waals surface area contributed by atoms with Gasteiger partial charge in [0, 0.05) is 32.0 Å². The van der Waals surface area contributed by atoms with E-state index in [2.05, 4.69) is 15.5 Å². The predicted octanol–water partition coefficient (Wildman–Crippen LogP) is -0.0224. The molecule has 0 unspecified atom stereocenters. The van der Waals surface area contributed by atoms with Crippen LogP contribution in [0.5, 0.6) is 0 Å². The minimum atomic E-state index is 0.104. The zero-order valence-electron chi connectivity index (χ0n) is 8.58. The number of likely N-dealkylation sites (N-methyl/N-ethyl adjacent to an activating group) is 1. The van der Waals surface area contributed by atoms with Gasteiger partial charge in [-0.3, -0.25) is 9.89 Å². The van der Waals surface area contributed by atoms with Crippen molar-refractivity contribution in [3.8, 4) is 0 Å². The Morgan fingerprint density at radius 3 is 3.07 bits per heavy atom. The molecule has 0 aromatic carbocycles. The number of aromatic nitrogens is 2. The molecule has 0 aliphatic carbocycles. The standard InChI is InChI=1S/C9H16N4O/c1-3-13(2)9(14)7-10-6-8-4-5-11-12-8/h4-5,10H,3,6-7H2,1-2H3,(H,11,12). The molecule has 5 nitrogen and oxygen atoms in total. The van der Waals surface area contributed by atoms with E-state index in [4.69, 9.17) is 0 Å². The van der Waals surface area contributed by atoms with Crippen LogP contribution in [0.25, 0.3) is 0 Å². The second-order valence-electron chi connectivity index (χ2n) is 3.09. The van der Waals surface area contributed by atoms with E-state index < -0.39 is 0 Å². The Balaban J connectivity index is 2.18. The SMILES string of the molecule is CCN(C)C(=O)CNCc1ccn[nH]1. The smallest absolute Gasteiger partial charge is 0.236 e. The molecular weight excluding hydrogens is 180 g/mol. The number of rotatable bonds is 5. The maximum absolute atomic E-state index is 11.3. The van der Waals surface area contributed by atoms with Crippen molar-refractivity contribution >= 4 is 5.91 Å². The van der Waals surface area contributed by atoms with Gasteiger partial charge in [0.25, 0.3) is 0 Å². The van der Waals surface area contributed by atoms with Crippen LogP contribution in [0, 0.1) is 0 Å². The second-order valence-corrected chi connectivity index (χ2v) is 3.09. The summed E-state index contributed by atoms with van der Waals surface area (Å²) >= 11 is 0. The third-order valence-corrected chi connectivity index (χ3v) is 2.05. The molecule has 1 amide bonds. The van der Waals surface area contributed by atoms with Crippen LogP contribution >= 0.6 is 0 Å². The first-order valence-electron chi connectivity index (χ1n) is 4.67. The second kappa shape index (κ2) is 5.39. The summed E-state index contributed by atoms with van der Waals surface area (Å²) in [4.78, 5) is 13.0. The van der Waals surface area contributed by atoms with E-state index in [-0.39, 0.29) is 5.91 Å². The molecular formula is C9H16N4O. The fraction of sp³-hybridized carbons (Fsp3) is 0.556. The molecule has 0 atom stereocenters. The summed E-state index contributed by atoms with van der Waals surface area (Å²) in [5.41, 5.74) is 0.983. The van der Waals surface area contributed by atoms with Crippen molar-refractivity contribution < 1.29 is 4.79 Å². The van der Waals surface area contributed by atoms with Crippen molar-refractivity contribution in [2.45, 2.75) is 13.5 Å². The molecule has 0 aliphatic heterocycles. The highest BCUT2D eigenvalue weighted by Crippen LogP contribution is 1.89. The summed E-state index contributed by atoms with van der Waals surface area (Å²) in [5, 5.41) is 9.67. The summed E-state index contributed by atoms with van der Waals surface area (Å²) in [6.45, 7) is 3.70. The molecule has 14 heavy (non-hydrogen) atoms. The summed E-state index contributed by atoms with van der Waals surface area (Å²) in [5.74, 6) is 0.104. The fourth-order valence-electron chi connectivity index (χ4n) is 0.999. The van der Waals surface area contributed by atoms with Gasteiger partial charge in [-0.15, -0.1) is 0 Å². The first-order valence-corrected chi connectivity index (χ1v) is 4.67. The molecule has 2 N–H and O–H groups in total. The van der Waals surface area contributed by atoms with Gasteiger partial charge >= 0.3 is 0 Å². The maximum Gasteiger partial charge on any atom is 0.236 e. The monoisotopic (exact) mass is 196 g/mol. The molecule has 0 fully saturated rings. The van der Waals surface area contributed by atoms with E-state index in [1.54, 1.807) is 18.1 Å². The van der Waals surface area contributed by atoms with Gasteiger partial charge in [-0.05, 0) is 13.0 Å². The van der Waals surface area contributed by atoms with E-state index in [1.165, 1.54) is 0 Å². The number of nitrogens with one attached hydrogen (secondary N) is 2. The Morgan fingerprint density at radius 1 is 1.71 bits per heavy atom. The Bertz CT molecular complexity index is 270. The molecule has 0 spiro atoms. The van der Waals surface area contributed by atoms with Crippen molar-refractivity contribution in [3.63, 3.8) is 0 Å². The molecule has 1 rings (SSSR count). The Hall–Kier alpha value is -1.36. The lowest BCUT2D eigenvalue weighted by Gasteiger charge is -2.14. The largest absolute Gasteiger partial charge is 0.345 e. The van der Waals surface area contributed by atoms with Crippen LogP contribution in [0.2, 0.25) is 0 Å². The summed E-state index contributed by atoms with van der Waals surface area (Å²) in [6.07, 6.45) is 1.69. The third-order valence-electron chi connectivity index (χ3n) is 2.05. The fourth-order valence-corrected chi connectivity index (χ4v) is 0.999.